The molecule has 1 aliphatic heterocycles. The summed E-state index contributed by atoms with van der Waals surface area (Å²) in [4.78, 5) is 29.0. The summed E-state index contributed by atoms with van der Waals surface area (Å²) < 4.78 is 1.80. The summed E-state index contributed by atoms with van der Waals surface area (Å²) in [6, 6.07) is 14.6. The fourth-order valence-electron chi connectivity index (χ4n) is 3.05. The smallest absolute Gasteiger partial charge is 0.250 e. The molecule has 1 aliphatic rings. The number of fused-ring (bicyclic) bond motifs is 3. The van der Waals surface area contributed by atoms with E-state index < -0.39 is 6.04 Å². The Balaban J connectivity index is 1.59. The molecular formula is C18H16N4O2. The number of aromatic nitrogens is 2. The van der Waals surface area contributed by atoms with Gasteiger partial charge in [-0.1, -0.05) is 24.3 Å². The number of imidazole rings is 1. The molecule has 2 N–H and O–H groups in total. The number of hydrogen-bond acceptors (Lipinski definition) is 3. The van der Waals surface area contributed by atoms with Gasteiger partial charge in [-0.2, -0.15) is 0 Å². The maximum atomic E-state index is 12.4. The van der Waals surface area contributed by atoms with Crippen molar-refractivity contribution in [2.75, 3.05) is 10.6 Å². The Morgan fingerprint density at radius 1 is 1.25 bits per heavy atom. The fraction of sp³-hybridized carbons (Fsp3) is 0.167. The Kier molecular flexibility index (Phi) is 3.30. The molecule has 120 valence electrons. The first-order valence-corrected chi connectivity index (χ1v) is 7.76. The number of nitrogens with one attached hydrogen (secondary N) is 2. The van der Waals surface area contributed by atoms with Crippen LogP contribution in [-0.2, 0) is 9.59 Å². The topological polar surface area (TPSA) is 76.0 Å². The van der Waals surface area contributed by atoms with Crippen LogP contribution in [0.5, 0.6) is 0 Å². The highest BCUT2D eigenvalue weighted by Crippen LogP contribution is 2.32. The number of nitrogens with zero attached hydrogens (tertiary/aromatic N) is 2. The van der Waals surface area contributed by atoms with Gasteiger partial charge in [0.2, 0.25) is 17.8 Å². The molecule has 24 heavy (non-hydrogen) atoms. The summed E-state index contributed by atoms with van der Waals surface area (Å²) in [7, 11) is 0. The van der Waals surface area contributed by atoms with Gasteiger partial charge < -0.3 is 5.32 Å². The highest BCUT2D eigenvalue weighted by Gasteiger charge is 2.34. The average molecular weight is 320 g/mol. The molecule has 0 bridgehead atoms. The van der Waals surface area contributed by atoms with E-state index in [0.29, 0.717) is 5.95 Å². The van der Waals surface area contributed by atoms with Gasteiger partial charge in [-0.15, -0.1) is 0 Å². The van der Waals surface area contributed by atoms with E-state index in [-0.39, 0.29) is 18.2 Å². The lowest BCUT2D eigenvalue weighted by molar-refractivity contribution is -0.123. The highest BCUT2D eigenvalue weighted by molar-refractivity contribution is 6.03. The van der Waals surface area contributed by atoms with E-state index in [1.54, 1.807) is 4.57 Å². The molecule has 0 saturated carbocycles. The van der Waals surface area contributed by atoms with Crippen LogP contribution in [0.1, 0.15) is 18.0 Å². The minimum atomic E-state index is -0.586. The van der Waals surface area contributed by atoms with Crippen molar-refractivity contribution in [3.63, 3.8) is 0 Å². The van der Waals surface area contributed by atoms with Crippen molar-refractivity contribution in [3.05, 3.63) is 54.1 Å². The summed E-state index contributed by atoms with van der Waals surface area (Å²) in [5.74, 6) is 0.0866. The minimum Gasteiger partial charge on any atom is -0.326 e. The molecule has 0 saturated heterocycles. The van der Waals surface area contributed by atoms with Crippen molar-refractivity contribution in [2.45, 2.75) is 19.4 Å². The van der Waals surface area contributed by atoms with E-state index in [1.165, 1.54) is 0 Å². The number of benzene rings is 2. The maximum Gasteiger partial charge on any atom is 0.250 e. The van der Waals surface area contributed by atoms with Gasteiger partial charge in [0.05, 0.1) is 17.5 Å². The predicted molar refractivity (Wildman–Crippen MR) is 91.8 cm³/mol. The third-order valence-electron chi connectivity index (χ3n) is 4.13. The van der Waals surface area contributed by atoms with Crippen LogP contribution >= 0.6 is 0 Å². The molecule has 1 aromatic heterocycles. The van der Waals surface area contributed by atoms with E-state index in [2.05, 4.69) is 15.6 Å². The van der Waals surface area contributed by atoms with Crippen LogP contribution in [0.25, 0.3) is 11.0 Å². The van der Waals surface area contributed by atoms with Gasteiger partial charge in [0.25, 0.3) is 0 Å². The number of carbonyl (C=O) groups is 2. The number of hydrogen-bond donors (Lipinski definition) is 2. The van der Waals surface area contributed by atoms with Crippen molar-refractivity contribution in [1.82, 2.24) is 9.55 Å². The van der Waals surface area contributed by atoms with Crippen molar-refractivity contribution in [1.29, 1.82) is 0 Å². The van der Waals surface area contributed by atoms with Crippen LogP contribution in [0, 0.1) is 6.92 Å². The Bertz CT molecular complexity index is 961. The summed E-state index contributed by atoms with van der Waals surface area (Å²) >= 11 is 0. The first-order chi connectivity index (χ1) is 11.6. The van der Waals surface area contributed by atoms with E-state index in [4.69, 9.17) is 0 Å². The van der Waals surface area contributed by atoms with E-state index in [0.717, 1.165) is 22.3 Å². The predicted octanol–water partition coefficient (Wildman–Crippen LogP) is 2.87. The second kappa shape index (κ2) is 5.49. The zero-order chi connectivity index (χ0) is 16.7. The molecule has 1 atom stereocenters. The zero-order valence-corrected chi connectivity index (χ0v) is 13.1. The van der Waals surface area contributed by atoms with Gasteiger partial charge in [-0.3, -0.25) is 19.5 Å². The number of rotatable bonds is 3. The quantitative estimate of drug-likeness (QED) is 0.779. The first kappa shape index (κ1) is 14.4. The monoisotopic (exact) mass is 320 g/mol. The van der Waals surface area contributed by atoms with Gasteiger partial charge in [0, 0.05) is 5.69 Å². The van der Waals surface area contributed by atoms with E-state index in [9.17, 15) is 9.59 Å². The molecule has 6 heteroatoms. The largest absolute Gasteiger partial charge is 0.326 e. The number of carbonyl (C=O) groups excluding carboxylic acids is 2. The summed E-state index contributed by atoms with van der Waals surface area (Å²) in [5, 5.41) is 5.60. The molecule has 2 amide bonds. The Morgan fingerprint density at radius 3 is 2.92 bits per heavy atom. The average Bonchev–Trinajstić information content (AvgIpc) is 3.03. The third-order valence-corrected chi connectivity index (χ3v) is 4.13. The van der Waals surface area contributed by atoms with Gasteiger partial charge >= 0.3 is 0 Å². The van der Waals surface area contributed by atoms with Crippen molar-refractivity contribution in [3.8, 4) is 0 Å². The third kappa shape index (κ3) is 2.42. The van der Waals surface area contributed by atoms with Crippen LogP contribution in [0.3, 0.4) is 0 Å². The lowest BCUT2D eigenvalue weighted by Crippen LogP contribution is -2.23. The van der Waals surface area contributed by atoms with Gasteiger partial charge in [-0.05, 0) is 36.8 Å². The minimum absolute atomic E-state index is 0.0626. The second-order valence-electron chi connectivity index (χ2n) is 5.92. The van der Waals surface area contributed by atoms with Crippen molar-refractivity contribution in [2.24, 2.45) is 0 Å². The molecule has 2 heterocycles. The molecule has 0 radical (unpaired) electrons. The van der Waals surface area contributed by atoms with Crippen molar-refractivity contribution >= 4 is 34.5 Å². The highest BCUT2D eigenvalue weighted by atomic mass is 16.2. The normalized spacial score (nSPS) is 16.0. The number of aryl methyl sites for hydroxylation is 1. The number of para-hydroxylation sites is 2. The SMILES string of the molecule is Cc1cccc(NC(=O)C[C@@H]2C(=O)Nc3nc4ccccc4n32)c1. The first-order valence-electron chi connectivity index (χ1n) is 7.76. The molecule has 0 spiro atoms. The molecule has 0 aliphatic carbocycles. The van der Waals surface area contributed by atoms with Gasteiger partial charge in [0.15, 0.2) is 0 Å². The Hall–Kier alpha value is -3.15. The van der Waals surface area contributed by atoms with Gasteiger partial charge in [-0.25, -0.2) is 4.98 Å². The standard InChI is InChI=1S/C18H16N4O2/c1-11-5-4-6-12(9-11)19-16(23)10-15-17(24)21-18-20-13-7-2-3-8-14(13)22(15)18/h2-9,15H,10H2,1H3,(H,19,23)(H,20,21,24)/t15-/m1/s1. The Labute approximate surface area is 138 Å². The van der Waals surface area contributed by atoms with Crippen LogP contribution in [0.15, 0.2) is 48.5 Å². The Morgan fingerprint density at radius 2 is 2.08 bits per heavy atom. The summed E-state index contributed by atoms with van der Waals surface area (Å²) in [6.07, 6.45) is 0.0626. The molecule has 0 unspecified atom stereocenters. The van der Waals surface area contributed by atoms with Crippen LogP contribution in [0.2, 0.25) is 0 Å². The molecule has 0 fully saturated rings. The lowest BCUT2D eigenvalue weighted by Gasteiger charge is -2.12. The molecule has 4 rings (SSSR count). The number of amides is 2. The molecule has 3 aromatic rings. The fourth-order valence-corrected chi connectivity index (χ4v) is 3.05. The molecule has 2 aromatic carbocycles. The van der Waals surface area contributed by atoms with E-state index in [1.807, 2.05) is 55.5 Å². The molecular weight excluding hydrogens is 304 g/mol. The molecule has 6 nitrogen and oxygen atoms in total. The van der Waals surface area contributed by atoms with Crippen LogP contribution < -0.4 is 10.6 Å². The summed E-state index contributed by atoms with van der Waals surface area (Å²) in [5.41, 5.74) is 3.44. The van der Waals surface area contributed by atoms with Crippen molar-refractivity contribution < 1.29 is 9.59 Å². The summed E-state index contributed by atoms with van der Waals surface area (Å²) in [6.45, 7) is 1.96. The van der Waals surface area contributed by atoms with Crippen LogP contribution in [-0.4, -0.2) is 21.4 Å². The van der Waals surface area contributed by atoms with Gasteiger partial charge in [0.1, 0.15) is 6.04 Å². The zero-order valence-electron chi connectivity index (χ0n) is 13.1. The lowest BCUT2D eigenvalue weighted by atomic mass is 10.1. The maximum absolute atomic E-state index is 12.4. The number of anilines is 2. The second-order valence-corrected chi connectivity index (χ2v) is 5.92. The van der Waals surface area contributed by atoms with Crippen LogP contribution in [0.4, 0.5) is 11.6 Å². The van der Waals surface area contributed by atoms with E-state index >= 15 is 0 Å².